The van der Waals surface area contributed by atoms with Gasteiger partial charge in [0.1, 0.15) is 11.7 Å². The van der Waals surface area contributed by atoms with Gasteiger partial charge in [-0.25, -0.2) is 0 Å². The number of furan rings is 1. The van der Waals surface area contributed by atoms with Crippen LogP contribution >= 0.6 is 0 Å². The smallest absolute Gasteiger partial charge is 0.184 e. The predicted molar refractivity (Wildman–Crippen MR) is 61.9 cm³/mol. The van der Waals surface area contributed by atoms with Crippen molar-refractivity contribution in [3.8, 4) is 0 Å². The summed E-state index contributed by atoms with van der Waals surface area (Å²) in [6, 6.07) is 1.50. The third-order valence-electron chi connectivity index (χ3n) is 2.73. The molecule has 0 N–H and O–H groups in total. The molecule has 0 bridgehead atoms. The van der Waals surface area contributed by atoms with Crippen molar-refractivity contribution in [1.29, 1.82) is 0 Å². The van der Waals surface area contributed by atoms with Gasteiger partial charge in [-0.05, 0) is 13.0 Å². The molecule has 1 aromatic heterocycles. The van der Waals surface area contributed by atoms with Crippen molar-refractivity contribution in [2.75, 3.05) is 0 Å². The molecule has 0 unspecified atom stereocenters. The van der Waals surface area contributed by atoms with Gasteiger partial charge in [0.05, 0.1) is 11.8 Å². The summed E-state index contributed by atoms with van der Waals surface area (Å²) in [5.74, 6) is -1.84. The van der Waals surface area contributed by atoms with Crippen molar-refractivity contribution in [2.24, 2.45) is 5.92 Å². The maximum Gasteiger partial charge on any atom is 0.184 e. The molecule has 0 aliphatic rings. The minimum Gasteiger partial charge on any atom is -0.469 e. The van der Waals surface area contributed by atoms with E-state index in [0.29, 0.717) is 11.3 Å². The second-order valence-electron chi connectivity index (χ2n) is 3.83. The molecule has 1 rings (SSSR count). The third kappa shape index (κ3) is 2.70. The van der Waals surface area contributed by atoms with Gasteiger partial charge >= 0.3 is 0 Å². The van der Waals surface area contributed by atoms with Gasteiger partial charge in [-0.3, -0.25) is 14.4 Å². The Hall–Kier alpha value is -1.71. The number of ketones is 3. The summed E-state index contributed by atoms with van der Waals surface area (Å²) < 4.78 is 5.02. The highest BCUT2D eigenvalue weighted by atomic mass is 16.3. The first-order valence-electron chi connectivity index (χ1n) is 5.66. The monoisotopic (exact) mass is 236 g/mol. The van der Waals surface area contributed by atoms with Crippen LogP contribution in [-0.4, -0.2) is 17.3 Å². The van der Waals surface area contributed by atoms with Crippen LogP contribution < -0.4 is 0 Å². The van der Waals surface area contributed by atoms with E-state index in [9.17, 15) is 14.4 Å². The van der Waals surface area contributed by atoms with E-state index in [1.54, 1.807) is 20.8 Å². The number of hydrogen-bond donors (Lipinski definition) is 0. The molecule has 92 valence electrons. The average Bonchev–Trinajstić information content (AvgIpc) is 2.74. The SMILES string of the molecule is CCC(=O)C(C(=O)CC)C(=O)c1ccoc1C. The molecule has 0 aromatic carbocycles. The Kier molecular flexibility index (Phi) is 4.37. The van der Waals surface area contributed by atoms with Crippen LogP contribution in [0.2, 0.25) is 0 Å². The standard InChI is InChI=1S/C13H16O4/c1-4-10(14)12(11(15)5-2)13(16)9-6-7-17-8(9)3/h6-7,12H,4-5H2,1-3H3. The van der Waals surface area contributed by atoms with Crippen molar-refractivity contribution in [3.63, 3.8) is 0 Å². The fraction of sp³-hybridized carbons (Fsp3) is 0.462. The topological polar surface area (TPSA) is 64.3 Å². The number of rotatable bonds is 6. The first-order valence-corrected chi connectivity index (χ1v) is 5.66. The molecule has 0 saturated heterocycles. The lowest BCUT2D eigenvalue weighted by Crippen LogP contribution is -2.31. The molecule has 1 aromatic rings. The molecule has 0 aliphatic heterocycles. The van der Waals surface area contributed by atoms with Crippen molar-refractivity contribution < 1.29 is 18.8 Å². The number of carbonyl (C=O) groups excluding carboxylic acids is 3. The van der Waals surface area contributed by atoms with Gasteiger partial charge in [0.25, 0.3) is 0 Å². The molecule has 4 heteroatoms. The van der Waals surface area contributed by atoms with Crippen LogP contribution in [0.1, 0.15) is 42.8 Å². The minimum absolute atomic E-state index is 0.180. The Morgan fingerprint density at radius 3 is 2.06 bits per heavy atom. The molecular weight excluding hydrogens is 220 g/mol. The highest BCUT2D eigenvalue weighted by Gasteiger charge is 2.33. The minimum atomic E-state index is -1.17. The number of carbonyl (C=O) groups is 3. The Balaban J connectivity index is 3.08. The molecule has 17 heavy (non-hydrogen) atoms. The molecular formula is C13H16O4. The van der Waals surface area contributed by atoms with Gasteiger partial charge in [-0.15, -0.1) is 0 Å². The van der Waals surface area contributed by atoms with Crippen molar-refractivity contribution in [2.45, 2.75) is 33.6 Å². The van der Waals surface area contributed by atoms with Gasteiger partial charge < -0.3 is 4.42 Å². The van der Waals surface area contributed by atoms with Crippen molar-refractivity contribution in [3.05, 3.63) is 23.7 Å². The van der Waals surface area contributed by atoms with E-state index >= 15 is 0 Å². The maximum absolute atomic E-state index is 12.1. The van der Waals surface area contributed by atoms with Crippen LogP contribution in [-0.2, 0) is 9.59 Å². The lowest BCUT2D eigenvalue weighted by Gasteiger charge is -2.11. The van der Waals surface area contributed by atoms with E-state index in [1.807, 2.05) is 0 Å². The first-order chi connectivity index (χ1) is 8.02. The molecule has 0 atom stereocenters. The van der Waals surface area contributed by atoms with Crippen LogP contribution in [0, 0.1) is 12.8 Å². The summed E-state index contributed by atoms with van der Waals surface area (Å²) >= 11 is 0. The van der Waals surface area contributed by atoms with Crippen molar-refractivity contribution >= 4 is 17.3 Å². The Morgan fingerprint density at radius 1 is 1.18 bits per heavy atom. The largest absolute Gasteiger partial charge is 0.469 e. The van der Waals surface area contributed by atoms with Gasteiger partial charge in [-0.1, -0.05) is 13.8 Å². The van der Waals surface area contributed by atoms with E-state index in [4.69, 9.17) is 4.42 Å². The van der Waals surface area contributed by atoms with Crippen molar-refractivity contribution in [1.82, 2.24) is 0 Å². The molecule has 0 spiro atoms. The summed E-state index contributed by atoms with van der Waals surface area (Å²) in [5.41, 5.74) is 0.318. The van der Waals surface area contributed by atoms with Gasteiger partial charge in [0, 0.05) is 12.8 Å². The summed E-state index contributed by atoms with van der Waals surface area (Å²) in [4.78, 5) is 35.5. The number of aryl methyl sites for hydroxylation is 1. The lowest BCUT2D eigenvalue weighted by molar-refractivity contribution is -0.130. The normalized spacial score (nSPS) is 10.6. The Morgan fingerprint density at radius 2 is 1.71 bits per heavy atom. The fourth-order valence-electron chi connectivity index (χ4n) is 1.68. The highest BCUT2D eigenvalue weighted by molar-refractivity contribution is 6.24. The Labute approximate surface area is 100.0 Å². The molecule has 0 radical (unpaired) electrons. The summed E-state index contributed by atoms with van der Waals surface area (Å²) in [5, 5.41) is 0. The van der Waals surface area contributed by atoms with Crippen LogP contribution in [0.25, 0.3) is 0 Å². The zero-order valence-corrected chi connectivity index (χ0v) is 10.3. The Bertz CT molecular complexity index is 426. The van der Waals surface area contributed by atoms with E-state index in [-0.39, 0.29) is 24.4 Å². The maximum atomic E-state index is 12.1. The zero-order valence-electron chi connectivity index (χ0n) is 10.3. The lowest BCUT2D eigenvalue weighted by atomic mass is 9.88. The molecule has 0 fully saturated rings. The number of Topliss-reactive ketones (excluding diaryl/α,β-unsaturated/α-hetero) is 3. The van der Waals surface area contributed by atoms with Gasteiger partial charge in [0.2, 0.25) is 0 Å². The number of hydrogen-bond acceptors (Lipinski definition) is 4. The van der Waals surface area contributed by atoms with Crippen LogP contribution in [0.4, 0.5) is 0 Å². The third-order valence-corrected chi connectivity index (χ3v) is 2.73. The average molecular weight is 236 g/mol. The zero-order chi connectivity index (χ0) is 13.0. The molecule has 0 aliphatic carbocycles. The van der Waals surface area contributed by atoms with E-state index in [1.165, 1.54) is 12.3 Å². The first kappa shape index (κ1) is 13.4. The molecule has 0 saturated carbocycles. The van der Waals surface area contributed by atoms with Crippen LogP contribution in [0.5, 0.6) is 0 Å². The van der Waals surface area contributed by atoms with E-state index < -0.39 is 11.7 Å². The van der Waals surface area contributed by atoms with E-state index in [2.05, 4.69) is 0 Å². The summed E-state index contributed by atoms with van der Waals surface area (Å²) in [6.45, 7) is 4.93. The van der Waals surface area contributed by atoms with Crippen LogP contribution in [0.3, 0.4) is 0 Å². The second kappa shape index (κ2) is 5.57. The molecule has 1 heterocycles. The fourth-order valence-corrected chi connectivity index (χ4v) is 1.68. The quantitative estimate of drug-likeness (QED) is 0.561. The van der Waals surface area contributed by atoms with E-state index in [0.717, 1.165) is 0 Å². The second-order valence-corrected chi connectivity index (χ2v) is 3.83. The van der Waals surface area contributed by atoms with Gasteiger partial charge in [0.15, 0.2) is 17.3 Å². The summed E-state index contributed by atoms with van der Waals surface area (Å²) in [7, 11) is 0. The van der Waals surface area contributed by atoms with Gasteiger partial charge in [-0.2, -0.15) is 0 Å². The predicted octanol–water partition coefficient (Wildman–Crippen LogP) is 2.35. The van der Waals surface area contributed by atoms with Crippen LogP contribution in [0.15, 0.2) is 16.7 Å². The molecule has 0 amide bonds. The highest BCUT2D eigenvalue weighted by Crippen LogP contribution is 2.18. The molecule has 4 nitrogen and oxygen atoms in total. The summed E-state index contributed by atoms with van der Waals surface area (Å²) in [6.07, 6.45) is 1.74.